The van der Waals surface area contributed by atoms with E-state index in [2.05, 4.69) is 0 Å². The summed E-state index contributed by atoms with van der Waals surface area (Å²) in [6, 6.07) is 0. The van der Waals surface area contributed by atoms with Gasteiger partial charge in [0.15, 0.2) is 0 Å². The molecule has 0 spiro atoms. The minimum absolute atomic E-state index is 0. The molecule has 0 fully saturated rings. The van der Waals surface area contributed by atoms with Gasteiger partial charge in [0, 0.05) is 0 Å². The molecular weight excluding hydrogens is 258 g/mol. The molecule has 0 bridgehead atoms. The average Bonchev–Trinajstić information content (AvgIpc) is 1.95. The zero-order chi connectivity index (χ0) is 13.6. The molecule has 0 aliphatic rings. The first-order valence-corrected chi connectivity index (χ1v) is 6.24. The second-order valence-corrected chi connectivity index (χ2v) is 5.47. The lowest BCUT2D eigenvalue weighted by Crippen LogP contribution is -3.00. The van der Waals surface area contributed by atoms with E-state index in [0.717, 1.165) is 0 Å². The number of quaternary nitrogens is 1. The second kappa shape index (κ2) is 9.07. The van der Waals surface area contributed by atoms with Crippen LogP contribution in [0, 0.1) is 0 Å². The minimum Gasteiger partial charge on any atom is -1.00 e. The van der Waals surface area contributed by atoms with Gasteiger partial charge in [-0.2, -0.15) is 0 Å². The normalized spacial score (nSPS) is 21.3. The fourth-order valence-electron chi connectivity index (χ4n) is 2.69. The van der Waals surface area contributed by atoms with Crippen LogP contribution in [0.5, 0.6) is 0 Å². The van der Waals surface area contributed by atoms with E-state index in [1.165, 1.54) is 0 Å². The zero-order valence-corrected chi connectivity index (χ0v) is 12.5. The number of aliphatic hydroxyl groups excluding tert-OH is 4. The maximum Gasteiger partial charge on any atom is 0.105 e. The lowest BCUT2D eigenvalue weighted by atomic mass is 10.1. The van der Waals surface area contributed by atoms with Crippen LogP contribution in [0.2, 0.25) is 0 Å². The average molecular weight is 286 g/mol. The third-order valence-electron chi connectivity index (χ3n) is 2.61. The Morgan fingerprint density at radius 3 is 0.889 bits per heavy atom. The molecule has 0 saturated carbocycles. The SMILES string of the molecule is CC(O)C[N+](CC(C)O)(CC(C)O)CC(C)O.[Cl-]. The molecule has 0 heterocycles. The van der Waals surface area contributed by atoms with Crippen LogP contribution in [0.15, 0.2) is 0 Å². The predicted octanol–water partition coefficient (Wildman–Crippen LogP) is -3.67. The van der Waals surface area contributed by atoms with E-state index in [4.69, 9.17) is 0 Å². The molecule has 4 N–H and O–H groups in total. The number of hydrogen-bond acceptors (Lipinski definition) is 4. The van der Waals surface area contributed by atoms with Crippen molar-refractivity contribution in [3.8, 4) is 0 Å². The van der Waals surface area contributed by atoms with Crippen LogP contribution in [-0.2, 0) is 0 Å². The Balaban J connectivity index is 0. The summed E-state index contributed by atoms with van der Waals surface area (Å²) in [4.78, 5) is 0. The first-order valence-electron chi connectivity index (χ1n) is 6.24. The van der Waals surface area contributed by atoms with Crippen molar-refractivity contribution in [1.29, 1.82) is 0 Å². The number of aliphatic hydroxyl groups is 4. The molecule has 0 rings (SSSR count). The third-order valence-corrected chi connectivity index (χ3v) is 2.61. The highest BCUT2D eigenvalue weighted by molar-refractivity contribution is 4.59. The van der Waals surface area contributed by atoms with Gasteiger partial charge in [-0.15, -0.1) is 0 Å². The highest BCUT2D eigenvalue weighted by Crippen LogP contribution is 2.14. The van der Waals surface area contributed by atoms with Gasteiger partial charge in [0.1, 0.15) is 50.6 Å². The van der Waals surface area contributed by atoms with Crippen molar-refractivity contribution in [2.24, 2.45) is 0 Å². The van der Waals surface area contributed by atoms with Gasteiger partial charge in [-0.1, -0.05) is 0 Å². The van der Waals surface area contributed by atoms with Crippen molar-refractivity contribution < 1.29 is 37.3 Å². The van der Waals surface area contributed by atoms with Crippen LogP contribution in [0.1, 0.15) is 27.7 Å². The zero-order valence-electron chi connectivity index (χ0n) is 11.8. The molecule has 0 aromatic rings. The van der Waals surface area contributed by atoms with Gasteiger partial charge in [0.25, 0.3) is 0 Å². The van der Waals surface area contributed by atoms with E-state index >= 15 is 0 Å². The van der Waals surface area contributed by atoms with Crippen LogP contribution >= 0.6 is 0 Å². The highest BCUT2D eigenvalue weighted by atomic mass is 35.5. The Labute approximate surface area is 116 Å². The fraction of sp³-hybridized carbons (Fsp3) is 1.00. The number of rotatable bonds is 8. The lowest BCUT2D eigenvalue weighted by molar-refractivity contribution is -0.938. The van der Waals surface area contributed by atoms with E-state index in [1.54, 1.807) is 27.7 Å². The molecule has 0 aromatic heterocycles. The summed E-state index contributed by atoms with van der Waals surface area (Å²) in [5.74, 6) is 0. The van der Waals surface area contributed by atoms with Crippen molar-refractivity contribution in [2.75, 3.05) is 26.2 Å². The minimum atomic E-state index is -0.536. The largest absolute Gasteiger partial charge is 1.00 e. The molecular formula is C12H28ClNO4. The number of nitrogens with zero attached hydrogens (tertiary/aromatic N) is 1. The molecule has 0 aliphatic heterocycles. The van der Waals surface area contributed by atoms with E-state index in [9.17, 15) is 20.4 Å². The molecule has 0 aromatic carbocycles. The van der Waals surface area contributed by atoms with Crippen molar-refractivity contribution >= 4 is 0 Å². The monoisotopic (exact) mass is 285 g/mol. The Kier molecular flexibility index (Phi) is 10.3. The van der Waals surface area contributed by atoms with Gasteiger partial charge in [-0.25, -0.2) is 0 Å². The third kappa shape index (κ3) is 9.08. The van der Waals surface area contributed by atoms with E-state index in [-0.39, 0.29) is 12.4 Å². The smallest absolute Gasteiger partial charge is 0.105 e. The molecule has 6 heteroatoms. The van der Waals surface area contributed by atoms with Crippen LogP contribution in [0.4, 0.5) is 0 Å². The Morgan fingerprint density at radius 2 is 0.778 bits per heavy atom. The van der Waals surface area contributed by atoms with Gasteiger partial charge >= 0.3 is 0 Å². The van der Waals surface area contributed by atoms with E-state index < -0.39 is 24.4 Å². The molecule has 4 unspecified atom stereocenters. The number of hydrogen-bond donors (Lipinski definition) is 4. The second-order valence-electron chi connectivity index (χ2n) is 5.47. The van der Waals surface area contributed by atoms with Crippen LogP contribution in [0.25, 0.3) is 0 Å². The first-order chi connectivity index (χ1) is 7.67. The van der Waals surface area contributed by atoms with Crippen LogP contribution in [-0.4, -0.2) is 75.5 Å². The topological polar surface area (TPSA) is 80.9 Å². The maximum atomic E-state index is 9.57. The predicted molar refractivity (Wildman–Crippen MR) is 66.5 cm³/mol. The summed E-state index contributed by atoms with van der Waals surface area (Å²) >= 11 is 0. The molecule has 4 atom stereocenters. The summed E-state index contributed by atoms with van der Waals surface area (Å²) in [5.41, 5.74) is 0. The van der Waals surface area contributed by atoms with Gasteiger partial charge < -0.3 is 37.3 Å². The van der Waals surface area contributed by atoms with Gasteiger partial charge in [-0.3, -0.25) is 0 Å². The summed E-state index contributed by atoms with van der Waals surface area (Å²) in [5, 5.41) is 38.3. The Morgan fingerprint density at radius 1 is 0.611 bits per heavy atom. The highest BCUT2D eigenvalue weighted by Gasteiger charge is 2.33. The van der Waals surface area contributed by atoms with Crippen molar-refractivity contribution in [1.82, 2.24) is 0 Å². The summed E-state index contributed by atoms with van der Waals surface area (Å²) in [6.07, 6.45) is -2.14. The van der Waals surface area contributed by atoms with Crippen molar-refractivity contribution in [2.45, 2.75) is 52.1 Å². The molecule has 0 radical (unpaired) electrons. The standard InChI is InChI=1S/C12H28NO4.ClH/c1-9(14)5-13(6-10(2)15,7-11(3)16)8-12(4)17;/h9-12,14-17H,5-8H2,1-4H3;1H/q+1;/p-1. The van der Waals surface area contributed by atoms with E-state index in [1.807, 2.05) is 0 Å². The Bertz CT molecular complexity index is 165. The molecule has 0 aliphatic carbocycles. The van der Waals surface area contributed by atoms with Crippen molar-refractivity contribution in [3.05, 3.63) is 0 Å². The Hall–Kier alpha value is 0.0900. The van der Waals surface area contributed by atoms with Crippen LogP contribution in [0.3, 0.4) is 0 Å². The molecule has 18 heavy (non-hydrogen) atoms. The summed E-state index contributed by atoms with van der Waals surface area (Å²) in [7, 11) is 0. The van der Waals surface area contributed by atoms with Gasteiger partial charge in [0.2, 0.25) is 0 Å². The van der Waals surface area contributed by atoms with Gasteiger partial charge in [0.05, 0.1) is 0 Å². The maximum absolute atomic E-state index is 9.57. The van der Waals surface area contributed by atoms with Crippen molar-refractivity contribution in [3.63, 3.8) is 0 Å². The summed E-state index contributed by atoms with van der Waals surface area (Å²) < 4.78 is 0.324. The summed E-state index contributed by atoms with van der Waals surface area (Å²) in [6.45, 7) is 8.39. The first kappa shape index (κ1) is 20.4. The van der Waals surface area contributed by atoms with Gasteiger partial charge in [-0.05, 0) is 27.7 Å². The molecule has 0 saturated heterocycles. The lowest BCUT2D eigenvalue weighted by Gasteiger charge is -2.42. The quantitative estimate of drug-likeness (QED) is 0.347. The fourth-order valence-corrected chi connectivity index (χ4v) is 2.69. The molecule has 0 amide bonds. The molecule has 5 nitrogen and oxygen atoms in total. The number of halogens is 1. The molecule has 112 valence electrons. The van der Waals surface area contributed by atoms with Crippen LogP contribution < -0.4 is 12.4 Å². The van der Waals surface area contributed by atoms with E-state index in [0.29, 0.717) is 30.7 Å².